The van der Waals surface area contributed by atoms with Crippen LogP contribution in [0.4, 0.5) is 18.9 Å². The molecule has 0 saturated carbocycles. The van der Waals surface area contributed by atoms with Crippen LogP contribution in [0.3, 0.4) is 0 Å². The first-order chi connectivity index (χ1) is 9.68. The van der Waals surface area contributed by atoms with E-state index in [1.54, 1.807) is 13.2 Å². The monoisotopic (exact) mass is 380 g/mol. The fourth-order valence-corrected chi connectivity index (χ4v) is 2.49. The summed E-state index contributed by atoms with van der Waals surface area (Å²) in [6.07, 6.45) is -2.98. The predicted octanol–water partition coefficient (Wildman–Crippen LogP) is 4.71. The zero-order valence-corrected chi connectivity index (χ0v) is 13.0. The minimum atomic E-state index is -4.61. The summed E-state index contributed by atoms with van der Waals surface area (Å²) in [4.78, 5) is 12.1. The number of aromatic nitrogens is 1. The smallest absolute Gasteiger partial charge is 0.345 e. The van der Waals surface area contributed by atoms with Gasteiger partial charge in [-0.15, -0.1) is 0 Å². The number of aryl methyl sites for hydroxylation is 1. The number of benzene rings is 1. The number of nitrogens with zero attached hydrogens (tertiary/aromatic N) is 1. The van der Waals surface area contributed by atoms with E-state index in [2.05, 4.69) is 21.2 Å². The summed E-state index contributed by atoms with van der Waals surface area (Å²) >= 11 is 8.78. The van der Waals surface area contributed by atoms with Crippen molar-refractivity contribution in [2.24, 2.45) is 7.05 Å². The van der Waals surface area contributed by atoms with E-state index < -0.39 is 17.6 Å². The largest absolute Gasteiger partial charge is 0.418 e. The van der Waals surface area contributed by atoms with E-state index in [1.807, 2.05) is 0 Å². The van der Waals surface area contributed by atoms with Crippen LogP contribution in [0.25, 0.3) is 0 Å². The average Bonchev–Trinajstić information content (AvgIpc) is 2.69. The molecule has 1 amide bonds. The van der Waals surface area contributed by atoms with Crippen LogP contribution in [0.5, 0.6) is 0 Å². The third-order valence-electron chi connectivity index (χ3n) is 2.74. The third kappa shape index (κ3) is 3.59. The first-order valence-corrected chi connectivity index (χ1v) is 6.85. The van der Waals surface area contributed by atoms with Gasteiger partial charge in [0.05, 0.1) is 11.3 Å². The second-order valence-corrected chi connectivity index (χ2v) is 5.65. The summed E-state index contributed by atoms with van der Waals surface area (Å²) in [6, 6.07) is 4.70. The lowest BCUT2D eigenvalue weighted by Crippen LogP contribution is -2.18. The molecule has 3 nitrogen and oxygen atoms in total. The Morgan fingerprint density at radius 1 is 1.33 bits per heavy atom. The van der Waals surface area contributed by atoms with Crippen molar-refractivity contribution < 1.29 is 18.0 Å². The number of anilines is 1. The number of amides is 1. The van der Waals surface area contributed by atoms with Crippen LogP contribution < -0.4 is 5.32 Å². The Bertz CT molecular complexity index is 697. The molecule has 0 saturated heterocycles. The summed E-state index contributed by atoms with van der Waals surface area (Å²) in [7, 11) is 1.62. The van der Waals surface area contributed by atoms with Crippen LogP contribution >= 0.6 is 27.5 Å². The second-order valence-electron chi connectivity index (χ2n) is 4.30. The zero-order valence-electron chi connectivity index (χ0n) is 10.6. The standard InChI is InChI=1S/C13H9BrClF3N2O/c1-20-6-7(14)4-11(20)12(21)19-10-3-2-8(15)5-9(10)13(16,17)18/h2-6H,1H3,(H,19,21). The Balaban J connectivity index is 2.36. The van der Waals surface area contributed by atoms with Gasteiger partial charge in [-0.1, -0.05) is 11.6 Å². The molecule has 1 N–H and O–H groups in total. The van der Waals surface area contributed by atoms with Crippen LogP contribution in [0.2, 0.25) is 5.02 Å². The summed E-state index contributed by atoms with van der Waals surface area (Å²) < 4.78 is 41.0. The van der Waals surface area contributed by atoms with Crippen LogP contribution in [0.15, 0.2) is 34.9 Å². The lowest BCUT2D eigenvalue weighted by molar-refractivity contribution is -0.136. The number of carbonyl (C=O) groups is 1. The molecule has 2 aromatic rings. The van der Waals surface area contributed by atoms with Crippen LogP contribution in [0, 0.1) is 0 Å². The minimum Gasteiger partial charge on any atom is -0.345 e. The van der Waals surface area contributed by atoms with Crippen LogP contribution in [0.1, 0.15) is 16.1 Å². The van der Waals surface area contributed by atoms with E-state index >= 15 is 0 Å². The molecule has 0 atom stereocenters. The maximum Gasteiger partial charge on any atom is 0.418 e. The molecule has 0 bridgehead atoms. The van der Waals surface area contributed by atoms with E-state index in [9.17, 15) is 18.0 Å². The Morgan fingerprint density at radius 2 is 2.00 bits per heavy atom. The highest BCUT2D eigenvalue weighted by atomic mass is 79.9. The molecule has 2 rings (SSSR count). The van der Waals surface area contributed by atoms with Gasteiger partial charge < -0.3 is 9.88 Å². The molecule has 0 aliphatic heterocycles. The normalized spacial score (nSPS) is 11.5. The molecule has 1 heterocycles. The number of rotatable bonds is 2. The SMILES string of the molecule is Cn1cc(Br)cc1C(=O)Nc1ccc(Cl)cc1C(F)(F)F. The van der Waals surface area contributed by atoms with Gasteiger partial charge >= 0.3 is 6.18 Å². The van der Waals surface area contributed by atoms with Crippen molar-refractivity contribution in [1.82, 2.24) is 4.57 Å². The first kappa shape index (κ1) is 15.9. The fraction of sp³-hybridized carbons (Fsp3) is 0.154. The molecule has 0 aliphatic carbocycles. The van der Waals surface area contributed by atoms with Gasteiger partial charge in [0, 0.05) is 22.7 Å². The highest BCUT2D eigenvalue weighted by molar-refractivity contribution is 9.10. The van der Waals surface area contributed by atoms with Crippen molar-refractivity contribution >= 4 is 39.1 Å². The van der Waals surface area contributed by atoms with Gasteiger partial charge in [0.1, 0.15) is 5.69 Å². The van der Waals surface area contributed by atoms with Crippen molar-refractivity contribution in [1.29, 1.82) is 0 Å². The van der Waals surface area contributed by atoms with E-state index in [4.69, 9.17) is 11.6 Å². The molecule has 8 heteroatoms. The zero-order chi connectivity index (χ0) is 15.8. The van der Waals surface area contributed by atoms with E-state index in [-0.39, 0.29) is 16.4 Å². The fourth-order valence-electron chi connectivity index (χ4n) is 1.80. The van der Waals surface area contributed by atoms with Crippen molar-refractivity contribution in [2.45, 2.75) is 6.18 Å². The lowest BCUT2D eigenvalue weighted by atomic mass is 10.1. The summed E-state index contributed by atoms with van der Waals surface area (Å²) in [5, 5.41) is 2.20. The predicted molar refractivity (Wildman–Crippen MR) is 77.5 cm³/mol. The molecule has 0 unspecified atom stereocenters. The van der Waals surface area contributed by atoms with Gasteiger partial charge in [-0.05, 0) is 40.2 Å². The van der Waals surface area contributed by atoms with Gasteiger partial charge in [-0.3, -0.25) is 4.79 Å². The molecule has 0 aliphatic rings. The molecule has 0 spiro atoms. The maximum atomic E-state index is 12.9. The molecule has 21 heavy (non-hydrogen) atoms. The highest BCUT2D eigenvalue weighted by Crippen LogP contribution is 2.36. The van der Waals surface area contributed by atoms with Crippen molar-refractivity contribution in [3.05, 3.63) is 51.2 Å². The van der Waals surface area contributed by atoms with Gasteiger partial charge in [0.15, 0.2) is 0 Å². The van der Waals surface area contributed by atoms with Crippen LogP contribution in [-0.4, -0.2) is 10.5 Å². The highest BCUT2D eigenvalue weighted by Gasteiger charge is 2.34. The quantitative estimate of drug-likeness (QED) is 0.803. The number of alkyl halides is 3. The topological polar surface area (TPSA) is 34.0 Å². The minimum absolute atomic E-state index is 0.0538. The Hall–Kier alpha value is -1.47. The molecular formula is C13H9BrClF3N2O. The summed E-state index contributed by atoms with van der Waals surface area (Å²) in [6.45, 7) is 0. The Kier molecular flexibility index (Phi) is 4.34. The number of halogens is 5. The van der Waals surface area contributed by atoms with Gasteiger partial charge in [-0.25, -0.2) is 0 Å². The first-order valence-electron chi connectivity index (χ1n) is 5.68. The molecule has 1 aromatic heterocycles. The average molecular weight is 382 g/mol. The number of carbonyl (C=O) groups excluding carboxylic acids is 1. The van der Waals surface area contributed by atoms with E-state index in [1.165, 1.54) is 16.7 Å². The number of nitrogens with one attached hydrogen (secondary N) is 1. The van der Waals surface area contributed by atoms with Crippen molar-refractivity contribution in [3.8, 4) is 0 Å². The van der Waals surface area contributed by atoms with Gasteiger partial charge in [0.2, 0.25) is 0 Å². The Morgan fingerprint density at radius 3 is 2.52 bits per heavy atom. The number of hydrogen-bond donors (Lipinski definition) is 1. The summed E-state index contributed by atoms with van der Waals surface area (Å²) in [5.74, 6) is -0.643. The van der Waals surface area contributed by atoms with Gasteiger partial charge in [0.25, 0.3) is 5.91 Å². The van der Waals surface area contributed by atoms with E-state index in [0.717, 1.165) is 12.1 Å². The van der Waals surface area contributed by atoms with E-state index in [0.29, 0.717) is 4.47 Å². The lowest BCUT2D eigenvalue weighted by Gasteiger charge is -2.14. The van der Waals surface area contributed by atoms with Crippen molar-refractivity contribution in [2.75, 3.05) is 5.32 Å². The maximum absolute atomic E-state index is 12.9. The second kappa shape index (κ2) is 5.73. The third-order valence-corrected chi connectivity index (χ3v) is 3.41. The van der Waals surface area contributed by atoms with Crippen molar-refractivity contribution in [3.63, 3.8) is 0 Å². The summed E-state index contributed by atoms with van der Waals surface area (Å²) in [5.41, 5.74) is -1.10. The molecular weight excluding hydrogens is 373 g/mol. The molecule has 1 aromatic carbocycles. The molecule has 0 fully saturated rings. The van der Waals surface area contributed by atoms with Crippen LogP contribution in [-0.2, 0) is 13.2 Å². The molecule has 0 radical (unpaired) electrons. The number of hydrogen-bond acceptors (Lipinski definition) is 1. The Labute approximate surface area is 131 Å². The molecule has 112 valence electrons. The van der Waals surface area contributed by atoms with Gasteiger partial charge in [-0.2, -0.15) is 13.2 Å².